The predicted molar refractivity (Wildman–Crippen MR) is 182 cm³/mol. The molecule has 0 saturated heterocycles. The summed E-state index contributed by atoms with van der Waals surface area (Å²) in [6.07, 6.45) is 0.232. The summed E-state index contributed by atoms with van der Waals surface area (Å²) in [6.45, 7) is -0.0781. The van der Waals surface area contributed by atoms with Gasteiger partial charge in [0.1, 0.15) is 17.7 Å². The highest BCUT2D eigenvalue weighted by Gasteiger charge is 2.44. The van der Waals surface area contributed by atoms with E-state index in [1.807, 2.05) is 91.0 Å². The normalized spacial score (nSPS) is 14.1. The van der Waals surface area contributed by atoms with Crippen LogP contribution in [0, 0.1) is 0 Å². The van der Waals surface area contributed by atoms with Gasteiger partial charge < -0.3 is 24.6 Å². The molecular formula is C39H40N2O8. The molecule has 0 radical (unpaired) electrons. The maximum absolute atomic E-state index is 14.0. The minimum atomic E-state index is -1.36. The second-order valence-corrected chi connectivity index (χ2v) is 11.7. The van der Waals surface area contributed by atoms with E-state index >= 15 is 0 Å². The second kappa shape index (κ2) is 16.3. The third-order valence-corrected chi connectivity index (χ3v) is 8.76. The minimum absolute atomic E-state index is 0.0781. The molecule has 0 fully saturated rings. The van der Waals surface area contributed by atoms with Gasteiger partial charge in [-0.25, -0.2) is 4.79 Å². The summed E-state index contributed by atoms with van der Waals surface area (Å²) < 4.78 is 17.3. The van der Waals surface area contributed by atoms with E-state index in [2.05, 4.69) is 5.32 Å². The highest BCUT2D eigenvalue weighted by molar-refractivity contribution is 6.22. The molecule has 0 saturated carbocycles. The molecule has 3 amide bonds. The lowest BCUT2D eigenvalue weighted by Crippen LogP contribution is -2.54. The van der Waals surface area contributed by atoms with Gasteiger partial charge in [0.2, 0.25) is 5.91 Å². The summed E-state index contributed by atoms with van der Waals surface area (Å²) in [5, 5.41) is 12.6. The van der Waals surface area contributed by atoms with Crippen molar-refractivity contribution in [3.05, 3.63) is 143 Å². The summed E-state index contributed by atoms with van der Waals surface area (Å²) in [5.41, 5.74) is 1.76. The Hall–Kier alpha value is -5.16. The van der Waals surface area contributed by atoms with Gasteiger partial charge in [-0.1, -0.05) is 103 Å². The maximum atomic E-state index is 14.0. The van der Waals surface area contributed by atoms with Gasteiger partial charge in [-0.15, -0.1) is 0 Å². The number of carbonyl (C=O) groups is 4. The van der Waals surface area contributed by atoms with Gasteiger partial charge >= 0.3 is 5.97 Å². The van der Waals surface area contributed by atoms with Crippen molar-refractivity contribution < 1.29 is 38.5 Å². The Bertz CT molecular complexity index is 1600. The number of carboxylic acid groups (broad SMARTS) is 1. The van der Waals surface area contributed by atoms with Crippen LogP contribution in [0.3, 0.4) is 0 Å². The van der Waals surface area contributed by atoms with Gasteiger partial charge in [0.05, 0.1) is 17.7 Å². The monoisotopic (exact) mass is 664 g/mol. The van der Waals surface area contributed by atoms with Gasteiger partial charge in [-0.3, -0.25) is 19.3 Å². The first-order chi connectivity index (χ1) is 23.8. The van der Waals surface area contributed by atoms with Crippen molar-refractivity contribution in [2.75, 3.05) is 20.8 Å². The number of aliphatic carboxylic acids is 1. The Kier molecular flexibility index (Phi) is 11.7. The molecule has 10 heteroatoms. The van der Waals surface area contributed by atoms with Crippen LogP contribution in [-0.4, -0.2) is 72.9 Å². The Morgan fingerprint density at radius 1 is 0.694 bits per heavy atom. The highest BCUT2D eigenvalue weighted by atomic mass is 16.7. The van der Waals surface area contributed by atoms with Gasteiger partial charge in [0.15, 0.2) is 6.29 Å². The van der Waals surface area contributed by atoms with Crippen molar-refractivity contribution in [1.82, 2.24) is 10.2 Å². The standard InChI is InChI=1S/C39H40N2O8/c1-47-34(48-2)24-14-23-32(38(45)46)40-35(42)33(41-36(43)30-21-12-13-22-31(30)37(41)44)25-26-49-39(27-15-6-3-7-16-27,28-17-8-4-9-18-28)29-19-10-5-11-20-29/h3-13,15-22,32-34H,14,23-26H2,1-2H3,(H,40,42)(H,45,46)/t32-,33+/m0/s1. The number of fused-ring (bicyclic) bond motifs is 1. The van der Waals surface area contributed by atoms with E-state index in [4.69, 9.17) is 14.2 Å². The first-order valence-corrected chi connectivity index (χ1v) is 16.2. The van der Waals surface area contributed by atoms with Crippen LogP contribution in [-0.2, 0) is 29.4 Å². The maximum Gasteiger partial charge on any atom is 0.326 e. The predicted octanol–water partition coefficient (Wildman–Crippen LogP) is 5.41. The van der Waals surface area contributed by atoms with Gasteiger partial charge in [-0.2, -0.15) is 0 Å². The number of imide groups is 1. The van der Waals surface area contributed by atoms with Crippen molar-refractivity contribution >= 4 is 23.7 Å². The molecule has 2 atom stereocenters. The van der Waals surface area contributed by atoms with E-state index in [0.29, 0.717) is 12.8 Å². The second-order valence-electron chi connectivity index (χ2n) is 11.7. The average Bonchev–Trinajstić information content (AvgIpc) is 3.39. The molecule has 0 spiro atoms. The van der Waals surface area contributed by atoms with Crippen LogP contribution in [0.4, 0.5) is 0 Å². The molecule has 1 heterocycles. The van der Waals surface area contributed by atoms with Crippen molar-refractivity contribution in [3.8, 4) is 0 Å². The third kappa shape index (κ3) is 7.62. The fourth-order valence-electron chi connectivity index (χ4n) is 6.31. The van der Waals surface area contributed by atoms with Crippen LogP contribution in [0.2, 0.25) is 0 Å². The molecule has 1 aliphatic rings. The van der Waals surface area contributed by atoms with Crippen molar-refractivity contribution in [3.63, 3.8) is 0 Å². The minimum Gasteiger partial charge on any atom is -0.480 e. The van der Waals surface area contributed by atoms with E-state index in [1.165, 1.54) is 26.4 Å². The number of nitrogens with one attached hydrogen (secondary N) is 1. The van der Waals surface area contributed by atoms with E-state index in [0.717, 1.165) is 21.6 Å². The number of methoxy groups -OCH3 is 2. The van der Waals surface area contributed by atoms with E-state index in [1.54, 1.807) is 12.1 Å². The fourth-order valence-corrected chi connectivity index (χ4v) is 6.31. The lowest BCUT2D eigenvalue weighted by Gasteiger charge is -2.37. The smallest absolute Gasteiger partial charge is 0.326 e. The average molecular weight is 665 g/mol. The summed E-state index contributed by atoms with van der Waals surface area (Å²) in [6, 6.07) is 32.7. The van der Waals surface area contributed by atoms with Crippen molar-refractivity contribution in [1.29, 1.82) is 0 Å². The van der Waals surface area contributed by atoms with E-state index in [-0.39, 0.29) is 30.6 Å². The molecule has 2 N–H and O–H groups in total. The Morgan fingerprint density at radius 2 is 1.14 bits per heavy atom. The molecule has 0 aliphatic carbocycles. The number of benzene rings is 4. The van der Waals surface area contributed by atoms with Crippen LogP contribution in [0.25, 0.3) is 0 Å². The molecule has 49 heavy (non-hydrogen) atoms. The lowest BCUT2D eigenvalue weighted by atomic mass is 9.80. The largest absolute Gasteiger partial charge is 0.480 e. The molecule has 5 rings (SSSR count). The number of carboxylic acids is 1. The zero-order chi connectivity index (χ0) is 34.8. The molecule has 254 valence electrons. The Morgan fingerprint density at radius 3 is 1.57 bits per heavy atom. The fraction of sp³-hybridized carbons (Fsp3) is 0.282. The summed E-state index contributed by atoms with van der Waals surface area (Å²) in [4.78, 5) is 54.5. The highest BCUT2D eigenvalue weighted by Crippen LogP contribution is 2.40. The van der Waals surface area contributed by atoms with Crippen LogP contribution >= 0.6 is 0 Å². The number of nitrogens with zero attached hydrogens (tertiary/aromatic N) is 1. The number of amides is 3. The molecule has 0 aromatic heterocycles. The van der Waals surface area contributed by atoms with E-state index < -0.39 is 47.7 Å². The number of carbonyl (C=O) groups excluding carboxylic acids is 3. The van der Waals surface area contributed by atoms with Crippen LogP contribution in [0.1, 0.15) is 63.1 Å². The molecule has 10 nitrogen and oxygen atoms in total. The van der Waals surface area contributed by atoms with Gasteiger partial charge in [-0.05, 0) is 48.1 Å². The lowest BCUT2D eigenvalue weighted by molar-refractivity contribution is -0.143. The Balaban J connectivity index is 1.47. The summed E-state index contributed by atoms with van der Waals surface area (Å²) in [5.74, 6) is -3.27. The molecular weight excluding hydrogens is 624 g/mol. The van der Waals surface area contributed by atoms with Crippen LogP contribution in [0.15, 0.2) is 115 Å². The first kappa shape index (κ1) is 35.2. The van der Waals surface area contributed by atoms with Gasteiger partial charge in [0.25, 0.3) is 11.8 Å². The summed E-state index contributed by atoms with van der Waals surface area (Å²) in [7, 11) is 2.98. The third-order valence-electron chi connectivity index (χ3n) is 8.76. The SMILES string of the molecule is COC(CCC[C@H](NC(=O)[C@@H](CCOC(c1ccccc1)(c1ccccc1)c1ccccc1)N1C(=O)c2ccccc2C1=O)C(=O)O)OC. The van der Waals surface area contributed by atoms with Crippen LogP contribution in [0.5, 0.6) is 0 Å². The molecule has 4 aromatic rings. The van der Waals surface area contributed by atoms with E-state index in [9.17, 15) is 24.3 Å². The Labute approximate surface area is 285 Å². The van der Waals surface area contributed by atoms with Crippen molar-refractivity contribution in [2.45, 2.75) is 49.7 Å². The zero-order valence-corrected chi connectivity index (χ0v) is 27.5. The quantitative estimate of drug-likeness (QED) is 0.0871. The number of hydrogen-bond acceptors (Lipinski definition) is 7. The summed E-state index contributed by atoms with van der Waals surface area (Å²) >= 11 is 0. The number of hydrogen-bond donors (Lipinski definition) is 2. The molecule has 1 aliphatic heterocycles. The molecule has 4 aromatic carbocycles. The topological polar surface area (TPSA) is 131 Å². The molecule has 0 unspecified atom stereocenters. The van der Waals surface area contributed by atoms with Crippen molar-refractivity contribution in [2.24, 2.45) is 0 Å². The zero-order valence-electron chi connectivity index (χ0n) is 27.5. The van der Waals surface area contributed by atoms with Crippen LogP contribution < -0.4 is 5.32 Å². The van der Waals surface area contributed by atoms with Gasteiger partial charge in [0, 0.05) is 20.6 Å². The number of rotatable bonds is 17. The molecule has 0 bridgehead atoms. The number of ether oxygens (including phenoxy) is 3. The first-order valence-electron chi connectivity index (χ1n) is 16.2.